The van der Waals surface area contributed by atoms with Crippen LogP contribution in [-0.4, -0.2) is 36.1 Å². The van der Waals surface area contributed by atoms with Crippen molar-refractivity contribution in [1.82, 2.24) is 15.3 Å². The number of aromatic nitrogens is 2. The molecular weight excluding hydrogens is 341 g/mol. The van der Waals surface area contributed by atoms with Gasteiger partial charge in [0, 0.05) is 43.6 Å². The number of piperazine rings is 1. The number of nitrogen functional groups attached to an aromatic ring is 1. The maximum absolute atomic E-state index is 13.0. The van der Waals surface area contributed by atoms with Gasteiger partial charge in [-0.1, -0.05) is 18.2 Å². The third kappa shape index (κ3) is 4.01. The molecular formula is C21H22FN5. The maximum Gasteiger partial charge on any atom is 0.130 e. The fourth-order valence-corrected chi connectivity index (χ4v) is 3.23. The van der Waals surface area contributed by atoms with Crippen molar-refractivity contribution in [3.63, 3.8) is 0 Å². The zero-order valence-corrected chi connectivity index (χ0v) is 15.0. The molecule has 0 aliphatic carbocycles. The first-order valence-electron chi connectivity index (χ1n) is 9.03. The van der Waals surface area contributed by atoms with E-state index in [4.69, 9.17) is 5.73 Å². The van der Waals surface area contributed by atoms with Gasteiger partial charge in [0.15, 0.2) is 0 Å². The summed E-state index contributed by atoms with van der Waals surface area (Å²) >= 11 is 0. The number of hydrogen-bond donors (Lipinski definition) is 3. The van der Waals surface area contributed by atoms with Crippen molar-refractivity contribution >= 4 is 23.7 Å². The van der Waals surface area contributed by atoms with Crippen LogP contribution in [0.5, 0.6) is 0 Å². The average molecular weight is 363 g/mol. The van der Waals surface area contributed by atoms with Crippen LogP contribution in [0.15, 0.2) is 48.7 Å². The highest BCUT2D eigenvalue weighted by Gasteiger charge is 2.16. The van der Waals surface area contributed by atoms with Crippen molar-refractivity contribution in [3.05, 3.63) is 65.7 Å². The summed E-state index contributed by atoms with van der Waals surface area (Å²) in [6.45, 7) is 3.79. The normalized spacial score (nSPS) is 14.8. The van der Waals surface area contributed by atoms with Crippen LogP contribution in [0.25, 0.3) is 23.4 Å². The fraction of sp³-hybridized carbons (Fsp3) is 0.190. The van der Waals surface area contributed by atoms with Crippen LogP contribution in [0.3, 0.4) is 0 Å². The largest absolute Gasteiger partial charge is 0.396 e. The number of nitrogens with zero attached hydrogens (tertiary/aromatic N) is 2. The van der Waals surface area contributed by atoms with Crippen LogP contribution in [0, 0.1) is 5.82 Å². The molecule has 138 valence electrons. The second-order valence-corrected chi connectivity index (χ2v) is 6.58. The molecule has 0 atom stereocenters. The average Bonchev–Trinajstić information content (AvgIpc) is 3.10. The van der Waals surface area contributed by atoms with E-state index in [0.717, 1.165) is 60.2 Å². The summed E-state index contributed by atoms with van der Waals surface area (Å²) in [6, 6.07) is 12.3. The third-order valence-corrected chi connectivity index (χ3v) is 4.67. The van der Waals surface area contributed by atoms with Crippen molar-refractivity contribution < 1.29 is 4.39 Å². The molecule has 1 aliphatic heterocycles. The van der Waals surface area contributed by atoms with Crippen molar-refractivity contribution in [2.75, 3.05) is 36.8 Å². The van der Waals surface area contributed by atoms with Gasteiger partial charge in [-0.25, -0.2) is 4.39 Å². The minimum Gasteiger partial charge on any atom is -0.396 e. The second-order valence-electron chi connectivity index (χ2n) is 6.58. The summed E-state index contributed by atoms with van der Waals surface area (Å²) in [4.78, 5) is 10.1. The Hall–Kier alpha value is -3.12. The van der Waals surface area contributed by atoms with Gasteiger partial charge in [-0.2, -0.15) is 0 Å². The number of nitrogens with two attached hydrogens (primary N) is 1. The number of hydrogen-bond acceptors (Lipinski definition) is 4. The summed E-state index contributed by atoms with van der Waals surface area (Å²) in [5.74, 6) is 0.739. The van der Waals surface area contributed by atoms with Crippen molar-refractivity contribution in [2.24, 2.45) is 0 Å². The predicted molar refractivity (Wildman–Crippen MR) is 109 cm³/mol. The van der Waals surface area contributed by atoms with Crippen LogP contribution >= 0.6 is 0 Å². The first-order valence-corrected chi connectivity index (χ1v) is 9.03. The molecule has 4 rings (SSSR count). The lowest BCUT2D eigenvalue weighted by molar-refractivity contribution is 0.586. The van der Waals surface area contributed by atoms with E-state index in [1.807, 2.05) is 30.4 Å². The molecule has 1 fully saturated rings. The van der Waals surface area contributed by atoms with E-state index in [-0.39, 0.29) is 5.82 Å². The lowest BCUT2D eigenvalue weighted by Gasteiger charge is -2.28. The lowest BCUT2D eigenvalue weighted by atomic mass is 10.1. The minimum atomic E-state index is -0.239. The Morgan fingerprint density at radius 1 is 1.04 bits per heavy atom. The Morgan fingerprint density at radius 2 is 1.81 bits per heavy atom. The summed E-state index contributed by atoms with van der Waals surface area (Å²) in [6.07, 6.45) is 5.61. The molecule has 6 heteroatoms. The van der Waals surface area contributed by atoms with Gasteiger partial charge >= 0.3 is 0 Å². The van der Waals surface area contributed by atoms with E-state index < -0.39 is 0 Å². The van der Waals surface area contributed by atoms with Gasteiger partial charge in [0.25, 0.3) is 0 Å². The zero-order chi connectivity index (χ0) is 18.6. The predicted octanol–water partition coefficient (Wildman–Crippen LogP) is 3.38. The Balaban J connectivity index is 1.56. The molecule has 5 nitrogen and oxygen atoms in total. The molecule has 4 N–H and O–H groups in total. The smallest absolute Gasteiger partial charge is 0.130 e. The van der Waals surface area contributed by atoms with Gasteiger partial charge in [-0.15, -0.1) is 0 Å². The number of pyridine rings is 1. The number of rotatable bonds is 4. The van der Waals surface area contributed by atoms with E-state index in [2.05, 4.69) is 20.2 Å². The van der Waals surface area contributed by atoms with E-state index >= 15 is 0 Å². The van der Waals surface area contributed by atoms with Gasteiger partial charge in [-0.05, 0) is 42.0 Å². The van der Waals surface area contributed by atoms with Crippen LogP contribution < -0.4 is 16.0 Å². The van der Waals surface area contributed by atoms with Crippen LogP contribution in [0.4, 0.5) is 15.9 Å². The quantitative estimate of drug-likeness (QED) is 0.665. The molecule has 3 aromatic rings. The van der Waals surface area contributed by atoms with Gasteiger partial charge in [0.2, 0.25) is 0 Å². The number of benzene rings is 1. The van der Waals surface area contributed by atoms with Crippen molar-refractivity contribution in [2.45, 2.75) is 0 Å². The Bertz CT molecular complexity index is 939. The first kappa shape index (κ1) is 17.3. The molecule has 1 aliphatic rings. The van der Waals surface area contributed by atoms with Gasteiger partial charge in [-0.3, -0.25) is 4.98 Å². The van der Waals surface area contributed by atoms with E-state index in [0.29, 0.717) is 0 Å². The molecule has 0 unspecified atom stereocenters. The topological polar surface area (TPSA) is 70.0 Å². The van der Waals surface area contributed by atoms with E-state index in [9.17, 15) is 4.39 Å². The van der Waals surface area contributed by atoms with E-state index in [1.54, 1.807) is 18.3 Å². The van der Waals surface area contributed by atoms with Crippen LogP contribution in [0.1, 0.15) is 11.3 Å². The lowest BCUT2D eigenvalue weighted by Crippen LogP contribution is -2.43. The zero-order valence-electron chi connectivity index (χ0n) is 15.0. The van der Waals surface area contributed by atoms with E-state index in [1.165, 1.54) is 12.1 Å². The minimum absolute atomic E-state index is 0.239. The van der Waals surface area contributed by atoms with Gasteiger partial charge in [0.1, 0.15) is 11.6 Å². The summed E-state index contributed by atoms with van der Waals surface area (Å²) < 4.78 is 13.0. The summed E-state index contributed by atoms with van der Waals surface area (Å²) in [7, 11) is 0. The number of anilines is 2. The Kier molecular flexibility index (Phi) is 4.89. The Labute approximate surface area is 157 Å². The molecule has 0 amide bonds. The molecule has 0 radical (unpaired) electrons. The number of aromatic amines is 1. The molecule has 0 spiro atoms. The first-order chi connectivity index (χ1) is 13.2. The molecule has 3 heterocycles. The molecule has 0 saturated carbocycles. The maximum atomic E-state index is 13.0. The highest BCUT2D eigenvalue weighted by Crippen LogP contribution is 2.30. The number of H-pyrrole nitrogens is 1. The highest BCUT2D eigenvalue weighted by molar-refractivity contribution is 5.76. The standard InChI is InChI=1S/C21H22FN5/c22-17-4-1-15(2-5-17)3-6-18-13-16(7-8-25-18)20-14-19(23)21(26-20)27-11-9-24-10-12-27/h1-8,13-14,24,26H,9-12,23H2/b6-3+. The summed E-state index contributed by atoms with van der Waals surface area (Å²) in [5, 5.41) is 3.35. The summed E-state index contributed by atoms with van der Waals surface area (Å²) in [5.41, 5.74) is 10.7. The monoisotopic (exact) mass is 363 g/mol. The highest BCUT2D eigenvalue weighted by atomic mass is 19.1. The van der Waals surface area contributed by atoms with Gasteiger partial charge in [0.05, 0.1) is 11.4 Å². The Morgan fingerprint density at radius 3 is 2.59 bits per heavy atom. The molecule has 1 saturated heterocycles. The number of nitrogens with one attached hydrogen (secondary N) is 2. The molecule has 27 heavy (non-hydrogen) atoms. The van der Waals surface area contributed by atoms with Crippen molar-refractivity contribution in [1.29, 1.82) is 0 Å². The van der Waals surface area contributed by atoms with Gasteiger partial charge < -0.3 is 20.9 Å². The molecule has 0 bridgehead atoms. The third-order valence-electron chi connectivity index (χ3n) is 4.67. The SMILES string of the molecule is Nc1cc(-c2ccnc(/C=C/c3ccc(F)cc3)c2)[nH]c1N1CCNCC1. The number of halogens is 1. The molecule has 1 aromatic carbocycles. The van der Waals surface area contributed by atoms with Crippen LogP contribution in [0.2, 0.25) is 0 Å². The van der Waals surface area contributed by atoms with Crippen LogP contribution in [-0.2, 0) is 0 Å². The van der Waals surface area contributed by atoms with Crippen molar-refractivity contribution in [3.8, 4) is 11.3 Å². The fourth-order valence-electron chi connectivity index (χ4n) is 3.23. The molecule has 2 aromatic heterocycles. The second kappa shape index (κ2) is 7.63.